The van der Waals surface area contributed by atoms with Gasteiger partial charge < -0.3 is 0 Å². The van der Waals surface area contributed by atoms with Gasteiger partial charge in [-0.25, -0.2) is 8.78 Å². The van der Waals surface area contributed by atoms with E-state index in [0.717, 1.165) is 6.07 Å². The number of nitrogens with zero attached hydrogens (tertiary/aromatic N) is 1. The Morgan fingerprint density at radius 1 is 1.42 bits per heavy atom. The molecule has 12 heavy (non-hydrogen) atoms. The Morgan fingerprint density at radius 3 is 2.83 bits per heavy atom. The molecule has 0 saturated heterocycles. The van der Waals surface area contributed by atoms with Gasteiger partial charge in [0.1, 0.15) is 0 Å². The molecule has 0 fully saturated rings. The van der Waals surface area contributed by atoms with E-state index in [1.54, 1.807) is 0 Å². The Kier molecular flexibility index (Phi) is 2.76. The van der Waals surface area contributed by atoms with Gasteiger partial charge in [-0.1, -0.05) is 12.1 Å². The molecule has 0 unspecified atom stereocenters. The zero-order valence-electron chi connectivity index (χ0n) is 6.22. The normalized spacial score (nSPS) is 9.42. The third-order valence-electron chi connectivity index (χ3n) is 1.39. The summed E-state index contributed by atoms with van der Waals surface area (Å²) >= 11 is 0. The lowest BCUT2D eigenvalue weighted by atomic mass is 10.1. The van der Waals surface area contributed by atoms with E-state index >= 15 is 0 Å². The summed E-state index contributed by atoms with van der Waals surface area (Å²) in [5, 5.41) is 8.19. The van der Waals surface area contributed by atoms with E-state index in [4.69, 9.17) is 5.26 Å². The molecule has 1 aromatic carbocycles. The lowest BCUT2D eigenvalue weighted by molar-refractivity contribution is 0.504. The van der Waals surface area contributed by atoms with Crippen molar-refractivity contribution >= 4 is 0 Å². The largest absolute Gasteiger partial charge is 0.204 e. The summed E-state index contributed by atoms with van der Waals surface area (Å²) in [6.07, 6.45) is 1.43. The Hall–Kier alpha value is -1.43. The highest BCUT2D eigenvalue weighted by atomic mass is 19.2. The smallest absolute Gasteiger partial charge is 0.162 e. The van der Waals surface area contributed by atoms with Gasteiger partial charge in [0.25, 0.3) is 0 Å². The monoisotopic (exact) mass is 166 g/mol. The molecule has 0 bridgehead atoms. The van der Waals surface area contributed by atoms with E-state index in [1.807, 2.05) is 6.07 Å². The van der Waals surface area contributed by atoms with Crippen LogP contribution in [0, 0.1) is 29.4 Å². The van der Waals surface area contributed by atoms with Gasteiger partial charge in [0.15, 0.2) is 11.6 Å². The fourth-order valence-electron chi connectivity index (χ4n) is 0.834. The molecule has 3 heteroatoms. The van der Waals surface area contributed by atoms with E-state index in [1.165, 1.54) is 18.6 Å². The number of halogens is 2. The maximum absolute atomic E-state index is 12.8. The van der Waals surface area contributed by atoms with Gasteiger partial charge >= 0.3 is 0 Å². The van der Waals surface area contributed by atoms with Gasteiger partial charge in [-0.3, -0.25) is 0 Å². The first-order valence-corrected chi connectivity index (χ1v) is 3.40. The standard InChI is InChI=1S/C9H6F2N/c10-8-5-1-3-7(9(8)11)4-2-6-12/h1,3-5H,2H2. The minimum atomic E-state index is -0.896. The van der Waals surface area contributed by atoms with Crippen molar-refractivity contribution in [3.63, 3.8) is 0 Å². The summed E-state index contributed by atoms with van der Waals surface area (Å²) in [5.74, 6) is -1.78. The number of benzene rings is 1. The quantitative estimate of drug-likeness (QED) is 0.661. The average molecular weight is 166 g/mol. The average Bonchev–Trinajstić information content (AvgIpc) is 2.08. The molecule has 0 aliphatic rings. The van der Waals surface area contributed by atoms with Crippen molar-refractivity contribution in [1.29, 1.82) is 5.26 Å². The zero-order chi connectivity index (χ0) is 8.97. The van der Waals surface area contributed by atoms with E-state index in [9.17, 15) is 8.78 Å². The maximum atomic E-state index is 12.8. The van der Waals surface area contributed by atoms with Crippen molar-refractivity contribution in [1.82, 2.24) is 0 Å². The Bertz CT molecular complexity index is 315. The number of rotatable bonds is 2. The van der Waals surface area contributed by atoms with Gasteiger partial charge in [0.05, 0.1) is 6.07 Å². The molecule has 1 radical (unpaired) electrons. The van der Waals surface area contributed by atoms with Crippen LogP contribution in [0.3, 0.4) is 0 Å². The highest BCUT2D eigenvalue weighted by molar-refractivity contribution is 5.26. The maximum Gasteiger partial charge on any atom is 0.162 e. The van der Waals surface area contributed by atoms with Gasteiger partial charge in [-0.05, 0) is 11.6 Å². The van der Waals surface area contributed by atoms with Crippen LogP contribution in [0.25, 0.3) is 0 Å². The molecule has 0 aliphatic carbocycles. The summed E-state index contributed by atoms with van der Waals surface area (Å²) in [6, 6.07) is 5.69. The summed E-state index contributed by atoms with van der Waals surface area (Å²) < 4.78 is 25.3. The number of hydrogen-bond donors (Lipinski definition) is 0. The summed E-state index contributed by atoms with van der Waals surface area (Å²) in [4.78, 5) is 0. The fraction of sp³-hybridized carbons (Fsp3) is 0.111. The predicted molar refractivity (Wildman–Crippen MR) is 40.0 cm³/mol. The first-order valence-electron chi connectivity index (χ1n) is 3.40. The summed E-state index contributed by atoms with van der Waals surface area (Å²) in [5.41, 5.74) is 0.136. The number of nitriles is 1. The van der Waals surface area contributed by atoms with Crippen LogP contribution >= 0.6 is 0 Å². The molecule has 0 aliphatic heterocycles. The van der Waals surface area contributed by atoms with Crippen LogP contribution in [0.2, 0.25) is 0 Å². The van der Waals surface area contributed by atoms with Gasteiger partial charge in [0, 0.05) is 12.8 Å². The molecular formula is C9H6F2N. The van der Waals surface area contributed by atoms with Crippen molar-refractivity contribution in [2.24, 2.45) is 0 Å². The van der Waals surface area contributed by atoms with Crippen molar-refractivity contribution in [2.45, 2.75) is 6.42 Å². The van der Waals surface area contributed by atoms with E-state index < -0.39 is 11.6 Å². The highest BCUT2D eigenvalue weighted by Crippen LogP contribution is 2.13. The second-order valence-electron chi connectivity index (χ2n) is 2.21. The highest BCUT2D eigenvalue weighted by Gasteiger charge is 2.06. The second-order valence-corrected chi connectivity index (χ2v) is 2.21. The Labute approximate surface area is 69.2 Å². The molecule has 0 heterocycles. The van der Waals surface area contributed by atoms with Crippen molar-refractivity contribution < 1.29 is 8.78 Å². The molecule has 0 amide bonds. The molecule has 0 atom stereocenters. The minimum absolute atomic E-state index is 0.0837. The molecule has 0 saturated carbocycles. The molecule has 0 N–H and O–H groups in total. The molecule has 1 aromatic rings. The minimum Gasteiger partial charge on any atom is -0.204 e. The third kappa shape index (κ3) is 1.79. The topological polar surface area (TPSA) is 23.8 Å². The molecule has 1 rings (SSSR count). The first-order chi connectivity index (χ1) is 5.75. The van der Waals surface area contributed by atoms with Gasteiger partial charge in [0.2, 0.25) is 0 Å². The molecule has 0 aromatic heterocycles. The van der Waals surface area contributed by atoms with Crippen molar-refractivity contribution in [3.8, 4) is 6.07 Å². The van der Waals surface area contributed by atoms with Crippen LogP contribution in [-0.2, 0) is 0 Å². The molecule has 61 valence electrons. The van der Waals surface area contributed by atoms with Crippen LogP contribution in [0.5, 0.6) is 0 Å². The first kappa shape index (κ1) is 8.66. The van der Waals surface area contributed by atoms with Crippen molar-refractivity contribution in [2.75, 3.05) is 0 Å². The van der Waals surface area contributed by atoms with E-state index in [0.29, 0.717) is 0 Å². The SMILES string of the molecule is N#CC[CH]c1cccc(F)c1F. The van der Waals surface area contributed by atoms with E-state index in [2.05, 4.69) is 0 Å². The molecule has 1 nitrogen and oxygen atoms in total. The van der Waals surface area contributed by atoms with Crippen LogP contribution in [0.15, 0.2) is 18.2 Å². The van der Waals surface area contributed by atoms with Crippen LogP contribution < -0.4 is 0 Å². The fourth-order valence-corrected chi connectivity index (χ4v) is 0.834. The van der Waals surface area contributed by atoms with Gasteiger partial charge in [-0.2, -0.15) is 5.26 Å². The molecular weight excluding hydrogens is 160 g/mol. The van der Waals surface area contributed by atoms with Crippen LogP contribution in [0.1, 0.15) is 12.0 Å². The Balaban J connectivity index is 2.86. The lowest BCUT2D eigenvalue weighted by Gasteiger charge is -1.98. The zero-order valence-corrected chi connectivity index (χ0v) is 6.22. The number of hydrogen-bond acceptors (Lipinski definition) is 1. The summed E-state index contributed by atoms with van der Waals surface area (Å²) in [6.45, 7) is 0. The predicted octanol–water partition coefficient (Wildman–Crippen LogP) is 2.43. The lowest BCUT2D eigenvalue weighted by Crippen LogP contribution is -1.91. The van der Waals surface area contributed by atoms with Gasteiger partial charge in [-0.15, -0.1) is 0 Å². The molecule has 0 spiro atoms. The van der Waals surface area contributed by atoms with E-state index in [-0.39, 0.29) is 12.0 Å². The summed E-state index contributed by atoms with van der Waals surface area (Å²) in [7, 11) is 0. The van der Waals surface area contributed by atoms with Crippen LogP contribution in [0.4, 0.5) is 8.78 Å². The van der Waals surface area contributed by atoms with Crippen molar-refractivity contribution in [3.05, 3.63) is 41.8 Å². The third-order valence-corrected chi connectivity index (χ3v) is 1.39. The Morgan fingerprint density at radius 2 is 2.17 bits per heavy atom. The second kappa shape index (κ2) is 3.82. The van der Waals surface area contributed by atoms with Crippen LogP contribution in [-0.4, -0.2) is 0 Å².